The number of hydrogen-bond donors (Lipinski definition) is 1. The highest BCUT2D eigenvalue weighted by atomic mass is 32.1. The Kier molecular flexibility index (Phi) is 5.43. The number of aryl methyl sites for hydroxylation is 2. The average molecular weight is 377 g/mol. The number of methoxy groups -OCH3 is 1. The summed E-state index contributed by atoms with van der Waals surface area (Å²) in [5.74, 6) is -0.145. The second-order valence-corrected chi connectivity index (χ2v) is 6.72. The summed E-state index contributed by atoms with van der Waals surface area (Å²) in [5, 5.41) is 12.1. The Morgan fingerprint density at radius 2 is 2.23 bits per heavy atom. The van der Waals surface area contributed by atoms with Gasteiger partial charge in [-0.2, -0.15) is 0 Å². The lowest BCUT2D eigenvalue weighted by atomic mass is 10.2. The average Bonchev–Trinajstić information content (AvgIpc) is 3.18. The Labute approximate surface area is 153 Å². The van der Waals surface area contributed by atoms with E-state index in [0.717, 1.165) is 17.8 Å². The number of carbonyl (C=O) groups is 1. The minimum atomic E-state index is -0.469. The molecule has 0 radical (unpaired) electrons. The SMILES string of the molecule is CCCc1nnc(NC(=O)c2c(C)oc3ncn(CCOC)c(=O)c23)s1. The van der Waals surface area contributed by atoms with Crippen LogP contribution in [0.15, 0.2) is 15.5 Å². The van der Waals surface area contributed by atoms with Crippen molar-refractivity contribution in [2.24, 2.45) is 0 Å². The molecule has 0 aliphatic carbocycles. The van der Waals surface area contributed by atoms with Gasteiger partial charge in [0, 0.05) is 13.5 Å². The number of hydrogen-bond acceptors (Lipinski definition) is 8. The van der Waals surface area contributed by atoms with Crippen molar-refractivity contribution in [2.75, 3.05) is 19.0 Å². The fourth-order valence-corrected chi connectivity index (χ4v) is 3.37. The summed E-state index contributed by atoms with van der Waals surface area (Å²) in [6, 6.07) is 0. The number of anilines is 1. The zero-order chi connectivity index (χ0) is 18.7. The zero-order valence-electron chi connectivity index (χ0n) is 14.7. The van der Waals surface area contributed by atoms with Crippen LogP contribution in [0, 0.1) is 6.92 Å². The third kappa shape index (κ3) is 3.51. The molecule has 138 valence electrons. The summed E-state index contributed by atoms with van der Waals surface area (Å²) in [4.78, 5) is 29.6. The number of nitrogens with zero attached hydrogens (tertiary/aromatic N) is 4. The third-order valence-electron chi connectivity index (χ3n) is 3.77. The summed E-state index contributed by atoms with van der Waals surface area (Å²) in [6.45, 7) is 4.36. The number of fused-ring (bicyclic) bond motifs is 1. The monoisotopic (exact) mass is 377 g/mol. The first kappa shape index (κ1) is 18.2. The van der Waals surface area contributed by atoms with Crippen LogP contribution in [0.3, 0.4) is 0 Å². The highest BCUT2D eigenvalue weighted by molar-refractivity contribution is 7.15. The van der Waals surface area contributed by atoms with Crippen molar-refractivity contribution in [1.82, 2.24) is 19.7 Å². The number of amides is 1. The minimum Gasteiger partial charge on any atom is -0.442 e. The number of nitrogens with one attached hydrogen (secondary N) is 1. The van der Waals surface area contributed by atoms with E-state index in [-0.39, 0.29) is 22.2 Å². The van der Waals surface area contributed by atoms with Crippen molar-refractivity contribution >= 4 is 33.5 Å². The van der Waals surface area contributed by atoms with Crippen molar-refractivity contribution in [3.05, 3.63) is 33.0 Å². The van der Waals surface area contributed by atoms with Crippen LogP contribution < -0.4 is 10.9 Å². The van der Waals surface area contributed by atoms with Gasteiger partial charge >= 0.3 is 0 Å². The molecule has 10 heteroatoms. The first-order valence-electron chi connectivity index (χ1n) is 8.16. The molecular formula is C16H19N5O4S. The van der Waals surface area contributed by atoms with Gasteiger partial charge in [0.1, 0.15) is 22.5 Å². The van der Waals surface area contributed by atoms with Crippen LogP contribution in [-0.4, -0.2) is 39.4 Å². The minimum absolute atomic E-state index is 0.134. The van der Waals surface area contributed by atoms with Crippen LogP contribution >= 0.6 is 11.3 Å². The van der Waals surface area contributed by atoms with E-state index in [1.807, 2.05) is 6.92 Å². The third-order valence-corrected chi connectivity index (χ3v) is 4.67. The van der Waals surface area contributed by atoms with E-state index in [2.05, 4.69) is 20.5 Å². The van der Waals surface area contributed by atoms with Crippen molar-refractivity contribution in [3.8, 4) is 0 Å². The lowest BCUT2D eigenvalue weighted by Gasteiger charge is -2.04. The number of rotatable bonds is 7. The van der Waals surface area contributed by atoms with Gasteiger partial charge in [-0.15, -0.1) is 10.2 Å². The fraction of sp³-hybridized carbons (Fsp3) is 0.438. The topological polar surface area (TPSA) is 112 Å². The molecule has 0 aliphatic rings. The molecule has 3 rings (SSSR count). The fourth-order valence-electron chi connectivity index (χ4n) is 2.54. The highest BCUT2D eigenvalue weighted by Crippen LogP contribution is 2.23. The molecule has 0 bridgehead atoms. The Balaban J connectivity index is 1.96. The van der Waals surface area contributed by atoms with Gasteiger partial charge in [-0.3, -0.25) is 19.5 Å². The molecular weight excluding hydrogens is 358 g/mol. The zero-order valence-corrected chi connectivity index (χ0v) is 15.6. The maximum atomic E-state index is 12.7. The normalized spacial score (nSPS) is 11.2. The molecule has 3 heterocycles. The number of furan rings is 1. The molecule has 3 aromatic heterocycles. The van der Waals surface area contributed by atoms with Gasteiger partial charge < -0.3 is 9.15 Å². The predicted octanol–water partition coefficient (Wildman–Crippen LogP) is 2.00. The molecule has 0 saturated carbocycles. The van der Waals surface area contributed by atoms with E-state index in [1.165, 1.54) is 22.2 Å². The first-order valence-corrected chi connectivity index (χ1v) is 8.98. The maximum Gasteiger partial charge on any atom is 0.265 e. The molecule has 0 fully saturated rings. The molecule has 0 saturated heterocycles. The van der Waals surface area contributed by atoms with E-state index < -0.39 is 5.91 Å². The van der Waals surface area contributed by atoms with E-state index in [1.54, 1.807) is 14.0 Å². The van der Waals surface area contributed by atoms with Crippen molar-refractivity contribution in [2.45, 2.75) is 33.2 Å². The second-order valence-electron chi connectivity index (χ2n) is 5.65. The summed E-state index contributed by atoms with van der Waals surface area (Å²) in [5.41, 5.74) is -0.0512. The molecule has 1 amide bonds. The van der Waals surface area contributed by atoms with Crippen LogP contribution in [0.5, 0.6) is 0 Å². The van der Waals surface area contributed by atoms with Gasteiger partial charge in [0.05, 0.1) is 18.7 Å². The Morgan fingerprint density at radius 3 is 2.96 bits per heavy atom. The van der Waals surface area contributed by atoms with Crippen molar-refractivity contribution in [1.29, 1.82) is 0 Å². The van der Waals surface area contributed by atoms with Crippen LogP contribution in [0.4, 0.5) is 5.13 Å². The summed E-state index contributed by atoms with van der Waals surface area (Å²) in [7, 11) is 1.55. The first-order chi connectivity index (χ1) is 12.5. The number of carbonyl (C=O) groups excluding carboxylic acids is 1. The van der Waals surface area contributed by atoms with E-state index in [4.69, 9.17) is 9.15 Å². The second kappa shape index (κ2) is 7.75. The van der Waals surface area contributed by atoms with Crippen LogP contribution in [0.1, 0.15) is 34.5 Å². The van der Waals surface area contributed by atoms with Gasteiger partial charge in [-0.25, -0.2) is 4.98 Å². The van der Waals surface area contributed by atoms with Crippen LogP contribution in [0.25, 0.3) is 11.1 Å². The predicted molar refractivity (Wildman–Crippen MR) is 96.7 cm³/mol. The van der Waals surface area contributed by atoms with E-state index in [9.17, 15) is 9.59 Å². The van der Waals surface area contributed by atoms with Crippen molar-refractivity contribution < 1.29 is 13.9 Å². The Morgan fingerprint density at radius 1 is 1.42 bits per heavy atom. The highest BCUT2D eigenvalue weighted by Gasteiger charge is 2.23. The molecule has 0 atom stereocenters. The van der Waals surface area contributed by atoms with Gasteiger partial charge in [0.2, 0.25) is 10.8 Å². The number of aromatic nitrogens is 4. The van der Waals surface area contributed by atoms with Gasteiger partial charge in [-0.05, 0) is 13.3 Å². The molecule has 3 aromatic rings. The summed E-state index contributed by atoms with van der Waals surface area (Å²) >= 11 is 1.31. The molecule has 9 nitrogen and oxygen atoms in total. The lowest BCUT2D eigenvalue weighted by molar-refractivity contribution is 0.102. The largest absolute Gasteiger partial charge is 0.442 e. The van der Waals surface area contributed by atoms with E-state index in [0.29, 0.717) is 24.0 Å². The summed E-state index contributed by atoms with van der Waals surface area (Å²) in [6.07, 6.45) is 3.13. The van der Waals surface area contributed by atoms with Gasteiger partial charge in [-0.1, -0.05) is 18.3 Å². The van der Waals surface area contributed by atoms with Crippen LogP contribution in [0.2, 0.25) is 0 Å². The van der Waals surface area contributed by atoms with Crippen LogP contribution in [-0.2, 0) is 17.7 Å². The van der Waals surface area contributed by atoms with Crippen molar-refractivity contribution in [3.63, 3.8) is 0 Å². The summed E-state index contributed by atoms with van der Waals surface area (Å²) < 4.78 is 11.9. The lowest BCUT2D eigenvalue weighted by Crippen LogP contribution is -2.24. The molecule has 0 aliphatic heterocycles. The smallest absolute Gasteiger partial charge is 0.265 e. The molecule has 1 N–H and O–H groups in total. The Hall–Kier alpha value is -2.59. The Bertz CT molecular complexity index is 990. The molecule has 0 spiro atoms. The molecule has 0 unspecified atom stereocenters. The van der Waals surface area contributed by atoms with Gasteiger partial charge in [0.15, 0.2) is 0 Å². The number of ether oxygens (including phenoxy) is 1. The standard InChI is InChI=1S/C16H19N5O4S/c1-4-5-10-19-20-16(26-10)18-13(22)11-9(2)25-14-12(11)15(23)21(8-17-14)6-7-24-3/h8H,4-7H2,1-3H3,(H,18,20,22). The molecule has 0 aromatic carbocycles. The molecule has 26 heavy (non-hydrogen) atoms. The van der Waals surface area contributed by atoms with Gasteiger partial charge in [0.25, 0.3) is 11.5 Å². The quantitative estimate of drug-likeness (QED) is 0.670. The van der Waals surface area contributed by atoms with E-state index >= 15 is 0 Å². The maximum absolute atomic E-state index is 12.7.